The van der Waals surface area contributed by atoms with Gasteiger partial charge in [0, 0.05) is 6.07 Å². The lowest BCUT2D eigenvalue weighted by Gasteiger charge is -2.05. The van der Waals surface area contributed by atoms with Crippen LogP contribution in [0, 0.1) is 0 Å². The van der Waals surface area contributed by atoms with Gasteiger partial charge in [-0.05, 0) is 6.42 Å². The molecule has 1 heterocycles. The Hall–Kier alpha value is -1.78. The van der Waals surface area contributed by atoms with E-state index in [1.54, 1.807) is 0 Å². The number of carbonyl (C=O) groups is 1. The SMILES string of the molecule is CCCCOc1c(C(=O)O)occc1=O. The number of hydrogen-bond donors (Lipinski definition) is 1. The smallest absolute Gasteiger partial charge is 0.375 e. The molecule has 5 heteroatoms. The third-order valence-electron chi connectivity index (χ3n) is 1.77. The van der Waals surface area contributed by atoms with Gasteiger partial charge in [0.1, 0.15) is 0 Å². The van der Waals surface area contributed by atoms with E-state index in [4.69, 9.17) is 14.3 Å². The Morgan fingerprint density at radius 1 is 1.60 bits per heavy atom. The molecule has 82 valence electrons. The van der Waals surface area contributed by atoms with E-state index >= 15 is 0 Å². The molecule has 5 nitrogen and oxygen atoms in total. The molecule has 0 radical (unpaired) electrons. The minimum atomic E-state index is -1.31. The number of hydrogen-bond acceptors (Lipinski definition) is 4. The largest absolute Gasteiger partial charge is 0.486 e. The summed E-state index contributed by atoms with van der Waals surface area (Å²) in [4.78, 5) is 22.0. The summed E-state index contributed by atoms with van der Waals surface area (Å²) in [5, 5.41) is 8.73. The van der Waals surface area contributed by atoms with E-state index in [9.17, 15) is 9.59 Å². The number of aromatic carboxylic acids is 1. The van der Waals surface area contributed by atoms with E-state index in [0.29, 0.717) is 6.61 Å². The van der Waals surface area contributed by atoms with Gasteiger partial charge < -0.3 is 14.3 Å². The number of unbranched alkanes of at least 4 members (excludes halogenated alkanes) is 1. The molecule has 1 aromatic rings. The predicted octanol–water partition coefficient (Wildman–Crippen LogP) is 1.52. The monoisotopic (exact) mass is 212 g/mol. The summed E-state index contributed by atoms with van der Waals surface area (Å²) in [6, 6.07) is 1.13. The lowest BCUT2D eigenvalue weighted by Crippen LogP contribution is -2.13. The average molecular weight is 212 g/mol. The minimum Gasteiger partial charge on any atom is -0.486 e. The second-order valence-electron chi connectivity index (χ2n) is 2.95. The molecule has 0 bridgehead atoms. The van der Waals surface area contributed by atoms with Crippen molar-refractivity contribution in [1.82, 2.24) is 0 Å². The van der Waals surface area contributed by atoms with Crippen molar-refractivity contribution < 1.29 is 19.1 Å². The zero-order chi connectivity index (χ0) is 11.3. The lowest BCUT2D eigenvalue weighted by atomic mass is 10.3. The maximum atomic E-state index is 11.3. The van der Waals surface area contributed by atoms with Crippen molar-refractivity contribution in [2.45, 2.75) is 19.8 Å². The normalized spacial score (nSPS) is 9.93. The Morgan fingerprint density at radius 2 is 2.33 bits per heavy atom. The fourth-order valence-electron chi connectivity index (χ4n) is 1.01. The maximum Gasteiger partial charge on any atom is 0.375 e. The first-order valence-electron chi connectivity index (χ1n) is 4.64. The fourth-order valence-corrected chi connectivity index (χ4v) is 1.01. The van der Waals surface area contributed by atoms with E-state index in [2.05, 4.69) is 0 Å². The summed E-state index contributed by atoms with van der Waals surface area (Å²) in [6.07, 6.45) is 2.70. The van der Waals surface area contributed by atoms with Crippen LogP contribution in [0.3, 0.4) is 0 Å². The fraction of sp³-hybridized carbons (Fsp3) is 0.400. The van der Waals surface area contributed by atoms with Crippen LogP contribution in [0.15, 0.2) is 21.5 Å². The number of carboxylic acids is 1. The molecule has 15 heavy (non-hydrogen) atoms. The molecule has 0 atom stereocenters. The van der Waals surface area contributed by atoms with Crippen LogP contribution in [0.4, 0.5) is 0 Å². The molecule has 0 aliphatic heterocycles. The van der Waals surface area contributed by atoms with Crippen LogP contribution in [-0.2, 0) is 0 Å². The van der Waals surface area contributed by atoms with Gasteiger partial charge in [-0.25, -0.2) is 4.79 Å². The molecule has 1 aromatic heterocycles. The molecule has 1 N–H and O–H groups in total. The van der Waals surface area contributed by atoms with E-state index in [-0.39, 0.29) is 5.75 Å². The average Bonchev–Trinajstić information content (AvgIpc) is 2.20. The summed E-state index contributed by atoms with van der Waals surface area (Å²) in [6.45, 7) is 2.28. The number of rotatable bonds is 5. The second-order valence-corrected chi connectivity index (χ2v) is 2.95. The van der Waals surface area contributed by atoms with E-state index in [0.717, 1.165) is 25.2 Å². The molecular formula is C10H12O5. The van der Waals surface area contributed by atoms with Gasteiger partial charge in [-0.2, -0.15) is 0 Å². The molecule has 0 amide bonds. The van der Waals surface area contributed by atoms with Crippen molar-refractivity contribution in [3.63, 3.8) is 0 Å². The Bertz CT molecular complexity index is 393. The van der Waals surface area contributed by atoms with E-state index in [1.807, 2.05) is 6.92 Å². The van der Waals surface area contributed by atoms with Crippen LogP contribution >= 0.6 is 0 Å². The van der Waals surface area contributed by atoms with Gasteiger partial charge in [0.2, 0.25) is 11.2 Å². The van der Waals surface area contributed by atoms with E-state index < -0.39 is 17.2 Å². The first-order chi connectivity index (χ1) is 7.16. The van der Waals surface area contributed by atoms with Gasteiger partial charge in [0.15, 0.2) is 0 Å². The van der Waals surface area contributed by atoms with Crippen LogP contribution in [-0.4, -0.2) is 17.7 Å². The maximum absolute atomic E-state index is 11.3. The lowest BCUT2D eigenvalue weighted by molar-refractivity contribution is 0.0651. The highest BCUT2D eigenvalue weighted by Gasteiger charge is 2.17. The van der Waals surface area contributed by atoms with Crippen molar-refractivity contribution in [1.29, 1.82) is 0 Å². The summed E-state index contributed by atoms with van der Waals surface area (Å²) in [5.74, 6) is -1.98. The van der Waals surface area contributed by atoms with Crippen molar-refractivity contribution in [2.24, 2.45) is 0 Å². The first-order valence-corrected chi connectivity index (χ1v) is 4.64. The van der Waals surface area contributed by atoms with Gasteiger partial charge in [0.05, 0.1) is 12.9 Å². The van der Waals surface area contributed by atoms with Crippen molar-refractivity contribution in [3.8, 4) is 5.75 Å². The molecule has 1 rings (SSSR count). The standard InChI is InChI=1S/C10H12O5/c1-2-3-5-14-8-7(11)4-6-15-9(8)10(12)13/h4,6H,2-3,5H2,1H3,(H,12,13). The van der Waals surface area contributed by atoms with Crippen LogP contribution in [0.5, 0.6) is 5.75 Å². The van der Waals surface area contributed by atoms with Crippen LogP contribution in [0.25, 0.3) is 0 Å². The molecule has 0 saturated carbocycles. The Kier molecular flexibility index (Phi) is 3.91. The van der Waals surface area contributed by atoms with Gasteiger partial charge in [-0.1, -0.05) is 13.3 Å². The molecule has 0 aromatic carbocycles. The molecule has 0 spiro atoms. The third kappa shape index (κ3) is 2.83. The minimum absolute atomic E-state index is 0.224. The van der Waals surface area contributed by atoms with Gasteiger partial charge in [-0.3, -0.25) is 4.79 Å². The first kappa shape index (κ1) is 11.3. The highest BCUT2D eigenvalue weighted by Crippen LogP contribution is 2.12. The quantitative estimate of drug-likeness (QED) is 0.748. The third-order valence-corrected chi connectivity index (χ3v) is 1.77. The highest BCUT2D eigenvalue weighted by atomic mass is 16.5. The number of ether oxygens (including phenoxy) is 1. The second kappa shape index (κ2) is 5.19. The molecule has 0 unspecified atom stereocenters. The molecule has 0 aliphatic rings. The van der Waals surface area contributed by atoms with Crippen LogP contribution < -0.4 is 10.2 Å². The van der Waals surface area contributed by atoms with Gasteiger partial charge >= 0.3 is 5.97 Å². The predicted molar refractivity (Wildman–Crippen MR) is 52.3 cm³/mol. The topological polar surface area (TPSA) is 76.7 Å². The van der Waals surface area contributed by atoms with E-state index in [1.165, 1.54) is 0 Å². The highest BCUT2D eigenvalue weighted by molar-refractivity contribution is 5.87. The van der Waals surface area contributed by atoms with Crippen molar-refractivity contribution in [3.05, 3.63) is 28.3 Å². The van der Waals surface area contributed by atoms with Crippen molar-refractivity contribution >= 4 is 5.97 Å². The Morgan fingerprint density at radius 3 is 2.93 bits per heavy atom. The van der Waals surface area contributed by atoms with Gasteiger partial charge in [0.25, 0.3) is 5.76 Å². The van der Waals surface area contributed by atoms with Crippen LogP contribution in [0.1, 0.15) is 30.3 Å². The summed E-state index contributed by atoms with van der Waals surface area (Å²) in [5.41, 5.74) is -0.477. The summed E-state index contributed by atoms with van der Waals surface area (Å²) in [7, 11) is 0. The molecule has 0 aliphatic carbocycles. The molecular weight excluding hydrogens is 200 g/mol. The Labute approximate surface area is 86.3 Å². The zero-order valence-corrected chi connectivity index (χ0v) is 8.36. The Balaban J connectivity index is 2.93. The van der Waals surface area contributed by atoms with Crippen molar-refractivity contribution in [2.75, 3.05) is 6.61 Å². The summed E-state index contributed by atoms with van der Waals surface area (Å²) >= 11 is 0. The zero-order valence-electron chi connectivity index (χ0n) is 8.36. The number of carboxylic acid groups (broad SMARTS) is 1. The summed E-state index contributed by atoms with van der Waals surface area (Å²) < 4.78 is 9.79. The molecule has 0 fully saturated rings. The van der Waals surface area contributed by atoms with Gasteiger partial charge in [-0.15, -0.1) is 0 Å². The molecule has 0 saturated heterocycles. The van der Waals surface area contributed by atoms with Crippen LogP contribution in [0.2, 0.25) is 0 Å².